The van der Waals surface area contributed by atoms with Crippen LogP contribution in [0.25, 0.3) is 0 Å². The lowest BCUT2D eigenvalue weighted by Crippen LogP contribution is -2.28. The second-order valence-corrected chi connectivity index (χ2v) is 6.54. The van der Waals surface area contributed by atoms with Crippen molar-refractivity contribution >= 4 is 33.2 Å². The summed E-state index contributed by atoms with van der Waals surface area (Å²) in [6.45, 7) is 0.329. The molecule has 5 nitrogen and oxygen atoms in total. The first kappa shape index (κ1) is 16.0. The van der Waals surface area contributed by atoms with Gasteiger partial charge in [-0.15, -0.1) is 0 Å². The Morgan fingerprint density at radius 2 is 1.90 bits per heavy atom. The molecule has 0 aliphatic carbocycles. The molecule has 0 atom stereocenters. The number of nitrogens with zero attached hydrogens (tertiary/aromatic N) is 1. The highest BCUT2D eigenvalue weighted by Crippen LogP contribution is 2.21. The number of aromatic nitrogens is 1. The Kier molecular flexibility index (Phi) is 5.41. The van der Waals surface area contributed by atoms with Crippen LogP contribution in [-0.4, -0.2) is 26.6 Å². The number of rotatable bonds is 6. The van der Waals surface area contributed by atoms with E-state index in [2.05, 4.69) is 9.71 Å². The average molecular weight is 347 g/mol. The van der Waals surface area contributed by atoms with E-state index < -0.39 is 10.0 Å². The van der Waals surface area contributed by atoms with Crippen LogP contribution in [0.5, 0.6) is 5.75 Å². The van der Waals surface area contributed by atoms with Gasteiger partial charge in [-0.25, -0.2) is 18.1 Å². The van der Waals surface area contributed by atoms with Gasteiger partial charge in [-0.05, 0) is 18.2 Å². The molecule has 2 aromatic rings. The molecule has 0 fully saturated rings. The summed E-state index contributed by atoms with van der Waals surface area (Å²) < 4.78 is 31.8. The number of hydrogen-bond acceptors (Lipinski definition) is 4. The first-order chi connectivity index (χ1) is 9.99. The van der Waals surface area contributed by atoms with Crippen molar-refractivity contribution in [2.24, 2.45) is 0 Å². The number of ether oxygens (including phenoxy) is 1. The van der Waals surface area contributed by atoms with Crippen molar-refractivity contribution in [1.29, 1.82) is 0 Å². The van der Waals surface area contributed by atoms with Crippen LogP contribution in [0.3, 0.4) is 0 Å². The summed E-state index contributed by atoms with van der Waals surface area (Å²) in [5.41, 5.74) is 0. The van der Waals surface area contributed by atoms with E-state index in [1.807, 2.05) is 18.2 Å². The van der Waals surface area contributed by atoms with Crippen LogP contribution in [0.1, 0.15) is 0 Å². The van der Waals surface area contributed by atoms with Crippen molar-refractivity contribution in [2.45, 2.75) is 4.90 Å². The number of pyridine rings is 1. The van der Waals surface area contributed by atoms with Gasteiger partial charge in [0.2, 0.25) is 10.0 Å². The molecule has 0 saturated carbocycles. The normalized spacial score (nSPS) is 11.3. The number of hydrogen-bond donors (Lipinski definition) is 1. The van der Waals surface area contributed by atoms with E-state index in [4.69, 9.17) is 27.9 Å². The predicted octanol–water partition coefficient (Wildman–Crippen LogP) is 2.75. The van der Waals surface area contributed by atoms with E-state index in [1.165, 1.54) is 6.07 Å². The van der Waals surface area contributed by atoms with Crippen LogP contribution in [0.15, 0.2) is 47.5 Å². The first-order valence-corrected chi connectivity index (χ1v) is 8.21. The molecule has 1 aromatic carbocycles. The second-order valence-electron chi connectivity index (χ2n) is 4.00. The minimum atomic E-state index is -3.69. The van der Waals surface area contributed by atoms with Crippen molar-refractivity contribution in [3.8, 4) is 5.75 Å². The highest BCUT2D eigenvalue weighted by Gasteiger charge is 2.15. The van der Waals surface area contributed by atoms with E-state index in [9.17, 15) is 8.42 Å². The van der Waals surface area contributed by atoms with Crippen LogP contribution >= 0.6 is 23.2 Å². The lowest BCUT2D eigenvalue weighted by atomic mass is 10.3. The maximum atomic E-state index is 12.0. The van der Waals surface area contributed by atoms with Gasteiger partial charge in [0.15, 0.2) is 0 Å². The summed E-state index contributed by atoms with van der Waals surface area (Å²) in [5.74, 6) is 0.674. The summed E-state index contributed by atoms with van der Waals surface area (Å²) in [7, 11) is -3.69. The fourth-order valence-electron chi connectivity index (χ4n) is 1.50. The lowest BCUT2D eigenvalue weighted by molar-refractivity contribution is 0.323. The smallest absolute Gasteiger partial charge is 0.242 e. The van der Waals surface area contributed by atoms with Gasteiger partial charge in [0, 0.05) is 12.7 Å². The summed E-state index contributed by atoms with van der Waals surface area (Å²) in [5, 5.41) is 0.142. The minimum absolute atomic E-state index is 0.0448. The topological polar surface area (TPSA) is 68.3 Å². The molecule has 0 unspecified atom stereocenters. The average Bonchev–Trinajstić information content (AvgIpc) is 2.47. The highest BCUT2D eigenvalue weighted by atomic mass is 35.5. The molecule has 0 spiro atoms. The Morgan fingerprint density at radius 3 is 2.57 bits per heavy atom. The number of nitrogens with one attached hydrogen (secondary N) is 1. The zero-order valence-electron chi connectivity index (χ0n) is 10.8. The van der Waals surface area contributed by atoms with Crippen LogP contribution in [-0.2, 0) is 10.0 Å². The van der Waals surface area contributed by atoms with Crippen LogP contribution in [0.4, 0.5) is 0 Å². The number of benzene rings is 1. The summed E-state index contributed by atoms with van der Waals surface area (Å²) in [6.07, 6.45) is 1.15. The van der Waals surface area contributed by atoms with Crippen LogP contribution in [0, 0.1) is 0 Å². The Bertz CT molecular complexity index is 709. The lowest BCUT2D eigenvalue weighted by Gasteiger charge is -2.08. The Labute approximate surface area is 132 Å². The second kappa shape index (κ2) is 7.09. The zero-order chi connectivity index (χ0) is 15.3. The minimum Gasteiger partial charge on any atom is -0.492 e. The molecule has 0 aliphatic heterocycles. The molecule has 112 valence electrons. The van der Waals surface area contributed by atoms with Gasteiger partial charge in [-0.1, -0.05) is 41.4 Å². The van der Waals surface area contributed by atoms with Crippen molar-refractivity contribution in [1.82, 2.24) is 9.71 Å². The molecule has 8 heteroatoms. The van der Waals surface area contributed by atoms with Gasteiger partial charge >= 0.3 is 0 Å². The molecule has 0 radical (unpaired) electrons. The molecule has 1 heterocycles. The maximum absolute atomic E-state index is 12.0. The summed E-state index contributed by atoms with van der Waals surface area (Å²) in [6, 6.07) is 10.4. The number of para-hydroxylation sites is 1. The van der Waals surface area contributed by atoms with E-state index in [0.29, 0.717) is 5.75 Å². The van der Waals surface area contributed by atoms with E-state index >= 15 is 0 Å². The Hall–Kier alpha value is -1.34. The Morgan fingerprint density at radius 1 is 1.19 bits per heavy atom. The Balaban J connectivity index is 1.91. The number of halogens is 2. The summed E-state index contributed by atoms with van der Waals surface area (Å²) in [4.78, 5) is 3.66. The van der Waals surface area contributed by atoms with E-state index in [0.717, 1.165) is 6.20 Å². The largest absolute Gasteiger partial charge is 0.492 e. The molecular weight excluding hydrogens is 335 g/mol. The molecule has 1 aromatic heterocycles. The maximum Gasteiger partial charge on any atom is 0.242 e. The van der Waals surface area contributed by atoms with Gasteiger partial charge in [0.05, 0.1) is 5.02 Å². The molecular formula is C13H12Cl2N2O3S. The van der Waals surface area contributed by atoms with Gasteiger partial charge in [-0.2, -0.15) is 0 Å². The molecule has 0 bridgehead atoms. The fourth-order valence-corrected chi connectivity index (χ4v) is 2.81. The standard InChI is InChI=1S/C13H12Cl2N2O3S/c14-12-8-11(9-16-13(12)15)21(18,19)17-6-7-20-10-4-2-1-3-5-10/h1-5,8-9,17H,6-7H2. The van der Waals surface area contributed by atoms with Crippen molar-refractivity contribution in [3.63, 3.8) is 0 Å². The third kappa shape index (κ3) is 4.57. The van der Waals surface area contributed by atoms with Gasteiger partial charge < -0.3 is 4.74 Å². The first-order valence-electron chi connectivity index (χ1n) is 5.97. The molecule has 1 N–H and O–H groups in total. The molecule has 0 aliphatic rings. The fraction of sp³-hybridized carbons (Fsp3) is 0.154. The van der Waals surface area contributed by atoms with E-state index in [-0.39, 0.29) is 28.2 Å². The molecule has 21 heavy (non-hydrogen) atoms. The monoisotopic (exact) mass is 346 g/mol. The third-order valence-corrected chi connectivity index (χ3v) is 4.60. The van der Waals surface area contributed by atoms with Crippen molar-refractivity contribution < 1.29 is 13.2 Å². The highest BCUT2D eigenvalue weighted by molar-refractivity contribution is 7.89. The van der Waals surface area contributed by atoms with Gasteiger partial charge in [0.25, 0.3) is 0 Å². The van der Waals surface area contributed by atoms with E-state index in [1.54, 1.807) is 12.1 Å². The van der Waals surface area contributed by atoms with Crippen molar-refractivity contribution in [3.05, 3.63) is 52.8 Å². The van der Waals surface area contributed by atoms with Gasteiger partial charge in [0.1, 0.15) is 22.4 Å². The zero-order valence-corrected chi connectivity index (χ0v) is 13.1. The number of sulfonamides is 1. The molecule has 2 rings (SSSR count). The molecule has 0 saturated heterocycles. The van der Waals surface area contributed by atoms with Crippen molar-refractivity contribution in [2.75, 3.05) is 13.2 Å². The quantitative estimate of drug-likeness (QED) is 0.645. The SMILES string of the molecule is O=S(=O)(NCCOc1ccccc1)c1cnc(Cl)c(Cl)c1. The summed E-state index contributed by atoms with van der Waals surface area (Å²) >= 11 is 11.4. The predicted molar refractivity (Wildman–Crippen MR) is 81.4 cm³/mol. The van der Waals surface area contributed by atoms with Crippen LogP contribution < -0.4 is 9.46 Å². The third-order valence-electron chi connectivity index (χ3n) is 2.49. The van der Waals surface area contributed by atoms with Crippen LogP contribution in [0.2, 0.25) is 10.2 Å². The molecule has 0 amide bonds. The van der Waals surface area contributed by atoms with Gasteiger partial charge in [-0.3, -0.25) is 0 Å².